The Morgan fingerprint density at radius 2 is 1.54 bits per heavy atom. The van der Waals surface area contributed by atoms with Gasteiger partial charge in [0.2, 0.25) is 0 Å². The van der Waals surface area contributed by atoms with E-state index in [1.807, 2.05) is 12.5 Å². The summed E-state index contributed by atoms with van der Waals surface area (Å²) in [5.41, 5.74) is 0. The Kier molecular flexibility index (Phi) is 16.2. The third-order valence-electron chi connectivity index (χ3n) is 4.77. The molecule has 1 atom stereocenters. The summed E-state index contributed by atoms with van der Waals surface area (Å²) in [6, 6.07) is 0. The average Bonchev–Trinajstić information content (AvgIpc) is 3.16. The van der Waals surface area contributed by atoms with Crippen molar-refractivity contribution in [2.24, 2.45) is 0 Å². The Morgan fingerprint density at radius 1 is 0.885 bits per heavy atom. The molecule has 26 heavy (non-hydrogen) atoms. The highest BCUT2D eigenvalue weighted by atomic mass is 32.2. The Bertz CT molecular complexity index is 384. The maximum Gasteiger partial charge on any atom is 0.0946 e. The first-order chi connectivity index (χ1) is 12.9. The van der Waals surface area contributed by atoms with E-state index in [2.05, 4.69) is 41.4 Å². The molecule has 0 aromatic carbocycles. The first-order valence-corrected chi connectivity index (χ1v) is 12.1. The highest BCUT2D eigenvalue weighted by molar-refractivity contribution is 7.99. The molecule has 0 amide bonds. The second-order valence-corrected chi connectivity index (χ2v) is 8.77. The second kappa shape index (κ2) is 17.9. The predicted molar refractivity (Wildman–Crippen MR) is 116 cm³/mol. The normalized spacial score (nSPS) is 12.5. The summed E-state index contributed by atoms with van der Waals surface area (Å²) in [7, 11) is 0. The lowest BCUT2D eigenvalue weighted by Crippen LogP contribution is -2.19. The van der Waals surface area contributed by atoms with Crippen LogP contribution in [-0.4, -0.2) is 33.8 Å². The van der Waals surface area contributed by atoms with Crippen LogP contribution in [0.25, 0.3) is 0 Å². The minimum Gasteiger partial charge on any atom is -0.380 e. The van der Waals surface area contributed by atoms with E-state index in [0.29, 0.717) is 5.25 Å². The van der Waals surface area contributed by atoms with Gasteiger partial charge < -0.3 is 9.30 Å². The van der Waals surface area contributed by atoms with Gasteiger partial charge in [0.15, 0.2) is 0 Å². The van der Waals surface area contributed by atoms with Crippen LogP contribution < -0.4 is 0 Å². The molecule has 4 heteroatoms. The monoisotopic (exact) mass is 382 g/mol. The fourth-order valence-corrected chi connectivity index (χ4v) is 4.29. The zero-order valence-corrected chi connectivity index (χ0v) is 18.2. The summed E-state index contributed by atoms with van der Waals surface area (Å²) >= 11 is 2.08. The van der Waals surface area contributed by atoms with Crippen LogP contribution in [0, 0.1) is 0 Å². The van der Waals surface area contributed by atoms with E-state index in [1.54, 1.807) is 0 Å². The van der Waals surface area contributed by atoms with Gasteiger partial charge in [0, 0.05) is 30.8 Å². The smallest absolute Gasteiger partial charge is 0.0946 e. The van der Waals surface area contributed by atoms with Gasteiger partial charge in [0.25, 0.3) is 0 Å². The van der Waals surface area contributed by atoms with E-state index < -0.39 is 0 Å². The summed E-state index contributed by atoms with van der Waals surface area (Å²) < 4.78 is 8.19. The van der Waals surface area contributed by atoms with Crippen LogP contribution in [0.1, 0.15) is 90.9 Å². The standard InChI is InChI=1S/C22H42N2OS/c1-3-5-7-9-11-13-17-25-20-22(19-24-16-15-23-21-24)26-18-14-12-10-8-6-4-2/h15-16,21-22H,3-14,17-20H2,1-2H3. The minimum atomic E-state index is 0.542. The molecule has 0 spiro atoms. The molecule has 1 aromatic rings. The van der Waals surface area contributed by atoms with Gasteiger partial charge in [-0.3, -0.25) is 0 Å². The van der Waals surface area contributed by atoms with Gasteiger partial charge in [-0.25, -0.2) is 4.98 Å². The molecule has 0 saturated heterocycles. The van der Waals surface area contributed by atoms with E-state index >= 15 is 0 Å². The first-order valence-electron chi connectivity index (χ1n) is 11.0. The number of hydrogen-bond acceptors (Lipinski definition) is 3. The second-order valence-electron chi connectivity index (χ2n) is 7.36. The number of aromatic nitrogens is 2. The van der Waals surface area contributed by atoms with Gasteiger partial charge in [-0.05, 0) is 18.6 Å². The molecule has 0 N–H and O–H groups in total. The predicted octanol–water partition coefficient (Wildman–Crippen LogP) is 6.72. The van der Waals surface area contributed by atoms with Crippen molar-refractivity contribution in [1.29, 1.82) is 0 Å². The molecule has 0 saturated carbocycles. The van der Waals surface area contributed by atoms with Crippen molar-refractivity contribution in [1.82, 2.24) is 9.55 Å². The highest BCUT2D eigenvalue weighted by Crippen LogP contribution is 2.18. The number of nitrogens with zero attached hydrogens (tertiary/aromatic N) is 2. The van der Waals surface area contributed by atoms with Gasteiger partial charge in [0.05, 0.1) is 12.9 Å². The average molecular weight is 383 g/mol. The largest absolute Gasteiger partial charge is 0.380 e. The van der Waals surface area contributed by atoms with Gasteiger partial charge >= 0.3 is 0 Å². The fraction of sp³-hybridized carbons (Fsp3) is 0.864. The van der Waals surface area contributed by atoms with Crippen LogP contribution in [0.4, 0.5) is 0 Å². The third kappa shape index (κ3) is 13.7. The summed E-state index contributed by atoms with van der Waals surface area (Å²) in [6.07, 6.45) is 22.1. The number of ether oxygens (including phenoxy) is 1. The van der Waals surface area contributed by atoms with Crippen molar-refractivity contribution in [3.63, 3.8) is 0 Å². The Hall–Kier alpha value is -0.480. The quantitative estimate of drug-likeness (QED) is 0.248. The summed E-state index contributed by atoms with van der Waals surface area (Å²) in [5, 5.41) is 0.542. The maximum atomic E-state index is 6.01. The summed E-state index contributed by atoms with van der Waals surface area (Å²) in [6.45, 7) is 7.35. The van der Waals surface area contributed by atoms with Crippen LogP contribution in [0.3, 0.4) is 0 Å². The molecule has 1 heterocycles. The molecule has 1 rings (SSSR count). The molecule has 1 aromatic heterocycles. The van der Waals surface area contributed by atoms with Crippen LogP contribution in [0.2, 0.25) is 0 Å². The topological polar surface area (TPSA) is 27.1 Å². The summed E-state index contributed by atoms with van der Waals surface area (Å²) in [5.74, 6) is 1.26. The molecule has 1 unspecified atom stereocenters. The molecule has 0 aliphatic rings. The van der Waals surface area contributed by atoms with Crippen LogP contribution in [0.15, 0.2) is 18.7 Å². The number of hydrogen-bond donors (Lipinski definition) is 0. The lowest BCUT2D eigenvalue weighted by molar-refractivity contribution is 0.128. The number of imidazole rings is 1. The molecular formula is C22H42N2OS. The van der Waals surface area contributed by atoms with Crippen molar-refractivity contribution in [3.8, 4) is 0 Å². The Morgan fingerprint density at radius 3 is 2.19 bits per heavy atom. The van der Waals surface area contributed by atoms with E-state index in [1.165, 1.54) is 82.8 Å². The van der Waals surface area contributed by atoms with Crippen molar-refractivity contribution in [2.45, 2.75) is 103 Å². The van der Waals surface area contributed by atoms with E-state index in [9.17, 15) is 0 Å². The fourth-order valence-electron chi connectivity index (χ4n) is 3.12. The maximum absolute atomic E-state index is 6.01. The zero-order chi connectivity index (χ0) is 18.7. The third-order valence-corrected chi connectivity index (χ3v) is 6.05. The first kappa shape index (κ1) is 23.6. The molecule has 152 valence electrons. The lowest BCUT2D eigenvalue weighted by atomic mass is 10.1. The SMILES string of the molecule is CCCCCCCCOCC(Cn1ccnc1)SCCCCCCCC. The molecule has 0 radical (unpaired) electrons. The number of thioether (sulfide) groups is 1. The zero-order valence-electron chi connectivity index (χ0n) is 17.3. The van der Waals surface area contributed by atoms with Crippen LogP contribution in [-0.2, 0) is 11.3 Å². The van der Waals surface area contributed by atoms with Gasteiger partial charge in [-0.1, -0.05) is 78.1 Å². The molecule has 0 fully saturated rings. The lowest BCUT2D eigenvalue weighted by Gasteiger charge is -2.17. The van der Waals surface area contributed by atoms with Gasteiger partial charge in [-0.2, -0.15) is 11.8 Å². The van der Waals surface area contributed by atoms with Crippen molar-refractivity contribution in [2.75, 3.05) is 19.0 Å². The molecule has 0 bridgehead atoms. The molecular weight excluding hydrogens is 340 g/mol. The van der Waals surface area contributed by atoms with Crippen LogP contribution in [0.5, 0.6) is 0 Å². The highest BCUT2D eigenvalue weighted by Gasteiger charge is 2.10. The Balaban J connectivity index is 2.12. The van der Waals surface area contributed by atoms with Gasteiger partial charge in [0.1, 0.15) is 0 Å². The van der Waals surface area contributed by atoms with Gasteiger partial charge in [-0.15, -0.1) is 0 Å². The minimum absolute atomic E-state index is 0.542. The van der Waals surface area contributed by atoms with Crippen molar-refractivity contribution >= 4 is 11.8 Å². The summed E-state index contributed by atoms with van der Waals surface area (Å²) in [4.78, 5) is 4.17. The number of unbranched alkanes of at least 4 members (excludes halogenated alkanes) is 10. The van der Waals surface area contributed by atoms with E-state index in [-0.39, 0.29) is 0 Å². The molecule has 0 aliphatic carbocycles. The van der Waals surface area contributed by atoms with E-state index in [0.717, 1.165) is 19.8 Å². The number of rotatable bonds is 19. The van der Waals surface area contributed by atoms with Crippen LogP contribution >= 0.6 is 11.8 Å². The Labute approximate surface area is 166 Å². The molecule has 0 aliphatic heterocycles. The van der Waals surface area contributed by atoms with E-state index in [4.69, 9.17) is 4.74 Å². The van der Waals surface area contributed by atoms with Crippen molar-refractivity contribution < 1.29 is 4.74 Å². The van der Waals surface area contributed by atoms with Crippen molar-refractivity contribution in [3.05, 3.63) is 18.7 Å². The molecule has 3 nitrogen and oxygen atoms in total.